The molecule has 0 aliphatic heterocycles. The summed E-state index contributed by atoms with van der Waals surface area (Å²) in [4.78, 5) is 4.60. The number of ether oxygens (including phenoxy) is 1. The number of fused-ring (bicyclic) bond motifs is 1. The fourth-order valence-electron chi connectivity index (χ4n) is 3.31. The number of nitrogens with zero attached hydrogens (tertiary/aromatic N) is 1. The van der Waals surface area contributed by atoms with E-state index in [9.17, 15) is 8.78 Å². The SMILES string of the molecule is FC(F)Oc1ccc2c(c1)CCC[C@H]2NCc1csc(-c2ccco2)n1. The third-order valence-corrected chi connectivity index (χ3v) is 5.37. The van der Waals surface area contributed by atoms with Gasteiger partial charge in [-0.1, -0.05) is 6.07 Å². The monoisotopic (exact) mass is 376 g/mol. The molecule has 4 nitrogen and oxygen atoms in total. The second-order valence-corrected chi connectivity index (χ2v) is 7.04. The molecule has 1 N–H and O–H groups in total. The zero-order valence-corrected chi connectivity index (χ0v) is 14.8. The van der Waals surface area contributed by atoms with Gasteiger partial charge in [0.2, 0.25) is 0 Å². The highest BCUT2D eigenvalue weighted by molar-refractivity contribution is 7.13. The van der Waals surface area contributed by atoms with Crippen molar-refractivity contribution < 1.29 is 17.9 Å². The van der Waals surface area contributed by atoms with E-state index in [1.165, 1.54) is 0 Å². The Balaban J connectivity index is 1.43. The van der Waals surface area contributed by atoms with Crippen molar-refractivity contribution in [3.05, 3.63) is 58.8 Å². The Bertz CT molecular complexity index is 864. The van der Waals surface area contributed by atoms with Crippen molar-refractivity contribution in [1.82, 2.24) is 10.3 Å². The fourth-order valence-corrected chi connectivity index (χ4v) is 4.09. The van der Waals surface area contributed by atoms with Gasteiger partial charge in [-0.3, -0.25) is 0 Å². The number of halogens is 2. The highest BCUT2D eigenvalue weighted by atomic mass is 32.1. The number of hydrogen-bond acceptors (Lipinski definition) is 5. The summed E-state index contributed by atoms with van der Waals surface area (Å²) in [7, 11) is 0. The average molecular weight is 376 g/mol. The normalized spacial score (nSPS) is 16.7. The van der Waals surface area contributed by atoms with Crippen LogP contribution in [0.4, 0.5) is 8.78 Å². The van der Waals surface area contributed by atoms with Crippen LogP contribution >= 0.6 is 11.3 Å². The first kappa shape index (κ1) is 17.2. The van der Waals surface area contributed by atoms with Crippen LogP contribution in [0.25, 0.3) is 10.8 Å². The number of alkyl halides is 2. The summed E-state index contributed by atoms with van der Waals surface area (Å²) in [5.74, 6) is 0.998. The van der Waals surface area contributed by atoms with E-state index in [2.05, 4.69) is 15.0 Å². The molecule has 0 unspecified atom stereocenters. The van der Waals surface area contributed by atoms with Gasteiger partial charge >= 0.3 is 6.61 Å². The largest absolute Gasteiger partial charge is 0.462 e. The van der Waals surface area contributed by atoms with Crippen LogP contribution in [0.3, 0.4) is 0 Å². The number of nitrogens with one attached hydrogen (secondary N) is 1. The number of benzene rings is 1. The maximum absolute atomic E-state index is 12.4. The zero-order chi connectivity index (χ0) is 17.9. The smallest absolute Gasteiger partial charge is 0.387 e. The van der Waals surface area contributed by atoms with Crippen LogP contribution in [0.15, 0.2) is 46.4 Å². The summed E-state index contributed by atoms with van der Waals surface area (Å²) in [6.07, 6.45) is 4.54. The molecule has 136 valence electrons. The number of aryl methyl sites for hydroxylation is 1. The molecule has 1 aromatic carbocycles. The van der Waals surface area contributed by atoms with Gasteiger partial charge in [-0.25, -0.2) is 4.98 Å². The van der Waals surface area contributed by atoms with Crippen LogP contribution in [0.2, 0.25) is 0 Å². The van der Waals surface area contributed by atoms with E-state index < -0.39 is 6.61 Å². The molecule has 2 aromatic heterocycles. The van der Waals surface area contributed by atoms with Crippen molar-refractivity contribution in [2.45, 2.75) is 38.5 Å². The van der Waals surface area contributed by atoms with Crippen molar-refractivity contribution in [2.75, 3.05) is 0 Å². The molecule has 0 spiro atoms. The minimum Gasteiger partial charge on any atom is -0.462 e. The minimum atomic E-state index is -2.79. The van der Waals surface area contributed by atoms with Crippen molar-refractivity contribution in [1.29, 1.82) is 0 Å². The van der Waals surface area contributed by atoms with Crippen LogP contribution in [-0.2, 0) is 13.0 Å². The number of thiazole rings is 1. The second-order valence-electron chi connectivity index (χ2n) is 6.19. The average Bonchev–Trinajstić information content (AvgIpc) is 3.30. The first-order valence-electron chi connectivity index (χ1n) is 8.48. The topological polar surface area (TPSA) is 47.3 Å². The Hall–Kier alpha value is -2.25. The van der Waals surface area contributed by atoms with E-state index in [0.717, 1.165) is 46.9 Å². The quantitative estimate of drug-likeness (QED) is 0.645. The Morgan fingerprint density at radius 1 is 1.35 bits per heavy atom. The van der Waals surface area contributed by atoms with E-state index in [0.29, 0.717) is 6.54 Å². The van der Waals surface area contributed by atoms with Crippen LogP contribution in [0.1, 0.15) is 35.7 Å². The van der Waals surface area contributed by atoms with Gasteiger partial charge in [0.15, 0.2) is 10.8 Å². The number of aromatic nitrogens is 1. The van der Waals surface area contributed by atoms with E-state index in [-0.39, 0.29) is 11.8 Å². The first-order chi connectivity index (χ1) is 12.7. The Labute approximate surface area is 153 Å². The lowest BCUT2D eigenvalue weighted by molar-refractivity contribution is -0.0499. The lowest BCUT2D eigenvalue weighted by Gasteiger charge is -2.26. The van der Waals surface area contributed by atoms with Crippen LogP contribution in [-0.4, -0.2) is 11.6 Å². The van der Waals surface area contributed by atoms with Gasteiger partial charge in [0.05, 0.1) is 12.0 Å². The summed E-state index contributed by atoms with van der Waals surface area (Å²) < 4.78 is 34.7. The minimum absolute atomic E-state index is 0.188. The molecule has 3 aromatic rings. The van der Waals surface area contributed by atoms with Crippen molar-refractivity contribution >= 4 is 11.3 Å². The highest BCUT2D eigenvalue weighted by Crippen LogP contribution is 2.33. The summed E-state index contributed by atoms with van der Waals surface area (Å²) in [6, 6.07) is 9.16. The second kappa shape index (κ2) is 7.55. The van der Waals surface area contributed by atoms with Crippen molar-refractivity contribution in [3.63, 3.8) is 0 Å². The van der Waals surface area contributed by atoms with Gasteiger partial charge in [-0.05, 0) is 54.7 Å². The number of furan rings is 1. The third kappa shape index (κ3) is 3.78. The van der Waals surface area contributed by atoms with Crippen molar-refractivity contribution in [2.24, 2.45) is 0 Å². The number of hydrogen-bond donors (Lipinski definition) is 1. The van der Waals surface area contributed by atoms with Gasteiger partial charge in [-0.2, -0.15) is 8.78 Å². The zero-order valence-electron chi connectivity index (χ0n) is 14.0. The van der Waals surface area contributed by atoms with E-state index in [4.69, 9.17) is 4.42 Å². The molecule has 7 heteroatoms. The summed E-state index contributed by atoms with van der Waals surface area (Å²) in [6.45, 7) is -2.14. The maximum atomic E-state index is 12.4. The van der Waals surface area contributed by atoms with E-state index in [1.54, 1.807) is 29.7 Å². The lowest BCUT2D eigenvalue weighted by atomic mass is 9.87. The number of rotatable bonds is 6. The molecule has 0 bridgehead atoms. The van der Waals surface area contributed by atoms with E-state index >= 15 is 0 Å². The molecule has 4 rings (SSSR count). The van der Waals surface area contributed by atoms with Crippen molar-refractivity contribution in [3.8, 4) is 16.5 Å². The Morgan fingerprint density at radius 2 is 2.27 bits per heavy atom. The van der Waals surface area contributed by atoms with Gasteiger partial charge in [0.25, 0.3) is 0 Å². The highest BCUT2D eigenvalue weighted by Gasteiger charge is 2.21. The van der Waals surface area contributed by atoms with Gasteiger partial charge in [0.1, 0.15) is 5.75 Å². The van der Waals surface area contributed by atoms with Gasteiger partial charge in [-0.15, -0.1) is 11.3 Å². The molecule has 0 saturated carbocycles. The fraction of sp³-hybridized carbons (Fsp3) is 0.316. The molecule has 0 amide bonds. The molecule has 1 aliphatic rings. The van der Waals surface area contributed by atoms with Crippen LogP contribution < -0.4 is 10.1 Å². The molecule has 0 radical (unpaired) electrons. The maximum Gasteiger partial charge on any atom is 0.387 e. The predicted octanol–water partition coefficient (Wildman–Crippen LogP) is 5.17. The summed E-state index contributed by atoms with van der Waals surface area (Å²) in [5, 5.41) is 6.42. The van der Waals surface area contributed by atoms with Crippen LogP contribution in [0.5, 0.6) is 5.75 Å². The molecule has 0 fully saturated rings. The molecule has 0 saturated heterocycles. The summed E-state index contributed by atoms with van der Waals surface area (Å²) in [5.41, 5.74) is 3.19. The first-order valence-corrected chi connectivity index (χ1v) is 9.36. The molecular weight excluding hydrogens is 358 g/mol. The lowest BCUT2D eigenvalue weighted by Crippen LogP contribution is -2.25. The predicted molar refractivity (Wildman–Crippen MR) is 95.4 cm³/mol. The molecule has 1 atom stereocenters. The molecular formula is C19H18F2N2O2S. The van der Waals surface area contributed by atoms with Gasteiger partial charge < -0.3 is 14.5 Å². The molecule has 1 aliphatic carbocycles. The third-order valence-electron chi connectivity index (χ3n) is 4.47. The molecule has 26 heavy (non-hydrogen) atoms. The van der Waals surface area contributed by atoms with Crippen LogP contribution in [0, 0.1) is 0 Å². The standard InChI is InChI=1S/C19H18F2N2O2S/c20-19(21)25-14-6-7-15-12(9-14)3-1-4-16(15)22-10-13-11-26-18(23-13)17-5-2-8-24-17/h2,5-9,11,16,19,22H,1,3-4,10H2/t16-/m1/s1. The summed E-state index contributed by atoms with van der Waals surface area (Å²) >= 11 is 1.55. The Kier molecular flexibility index (Phi) is 4.99. The van der Waals surface area contributed by atoms with E-state index in [1.807, 2.05) is 23.6 Å². The Morgan fingerprint density at radius 3 is 3.08 bits per heavy atom. The molecule has 2 heterocycles. The van der Waals surface area contributed by atoms with Gasteiger partial charge in [0, 0.05) is 18.0 Å².